The van der Waals surface area contributed by atoms with Gasteiger partial charge in [0.15, 0.2) is 0 Å². The van der Waals surface area contributed by atoms with Gasteiger partial charge in [0.25, 0.3) is 0 Å². The molecule has 2 rings (SSSR count). The number of nitriles is 1. The number of anilines is 2. The second kappa shape index (κ2) is 6.73. The number of para-hydroxylation sites is 1. The largest absolute Gasteiger partial charge is 0.377 e. The molecule has 4 nitrogen and oxygen atoms in total. The van der Waals surface area contributed by atoms with Crippen molar-refractivity contribution in [2.75, 3.05) is 24.4 Å². The Hall–Kier alpha value is -2.58. The Balaban J connectivity index is 2.09. The van der Waals surface area contributed by atoms with Crippen LogP contribution in [0.15, 0.2) is 42.5 Å². The van der Waals surface area contributed by atoms with Crippen LogP contribution >= 0.6 is 0 Å². The van der Waals surface area contributed by atoms with Gasteiger partial charge in [-0.3, -0.25) is 0 Å². The van der Waals surface area contributed by atoms with E-state index < -0.39 is 5.82 Å². The van der Waals surface area contributed by atoms with Gasteiger partial charge >= 0.3 is 0 Å². The molecule has 0 saturated carbocycles. The van der Waals surface area contributed by atoms with Crippen LogP contribution in [0.25, 0.3) is 0 Å². The molecule has 0 spiro atoms. The van der Waals surface area contributed by atoms with Crippen LogP contribution in [0.2, 0.25) is 0 Å². The van der Waals surface area contributed by atoms with Crippen molar-refractivity contribution in [2.45, 2.75) is 6.54 Å². The van der Waals surface area contributed by atoms with Gasteiger partial charge in [-0.15, -0.1) is 0 Å². The lowest BCUT2D eigenvalue weighted by Crippen LogP contribution is -2.22. The predicted octanol–water partition coefficient (Wildman–Crippen LogP) is 2.88. The number of nitrogens with one attached hydrogen (secondary N) is 2. The molecule has 0 unspecified atom stereocenters. The number of hydrogen-bond donors (Lipinski definition) is 2. The Labute approximate surface area is 123 Å². The van der Waals surface area contributed by atoms with Gasteiger partial charge in [0.2, 0.25) is 0 Å². The normalized spacial score (nSPS) is 10.0. The van der Waals surface area contributed by atoms with E-state index in [1.807, 2.05) is 36.4 Å². The summed E-state index contributed by atoms with van der Waals surface area (Å²) in [5, 5.41) is 9.12. The lowest BCUT2D eigenvalue weighted by atomic mass is 10.1. The highest BCUT2D eigenvalue weighted by atomic mass is 19.1. The number of rotatable bonds is 5. The summed E-state index contributed by atoms with van der Waals surface area (Å²) >= 11 is 0. The molecule has 0 aromatic heterocycles. The number of hydrogen-bond acceptors (Lipinski definition) is 4. The molecule has 0 aliphatic carbocycles. The zero-order valence-corrected chi connectivity index (χ0v) is 12.0. The van der Waals surface area contributed by atoms with Crippen LogP contribution in [0.4, 0.5) is 15.8 Å². The Kier molecular flexibility index (Phi) is 4.75. The number of benzene rings is 2. The van der Waals surface area contributed by atoms with Gasteiger partial charge in [0, 0.05) is 31.9 Å². The SMILES string of the molecule is CN(C)c1ccc(CNNc2ccccc2)c(F)c1C#N. The molecule has 0 amide bonds. The lowest BCUT2D eigenvalue weighted by molar-refractivity contribution is 0.596. The van der Waals surface area contributed by atoms with E-state index in [-0.39, 0.29) is 12.1 Å². The van der Waals surface area contributed by atoms with Crippen LogP contribution in [0.3, 0.4) is 0 Å². The van der Waals surface area contributed by atoms with E-state index in [2.05, 4.69) is 10.9 Å². The van der Waals surface area contributed by atoms with Crippen molar-refractivity contribution in [3.63, 3.8) is 0 Å². The second-order valence-electron chi connectivity index (χ2n) is 4.78. The lowest BCUT2D eigenvalue weighted by Gasteiger charge is -2.16. The zero-order valence-electron chi connectivity index (χ0n) is 12.0. The minimum Gasteiger partial charge on any atom is -0.377 e. The highest BCUT2D eigenvalue weighted by molar-refractivity contribution is 5.60. The average molecular weight is 284 g/mol. The minimum absolute atomic E-state index is 0.0685. The van der Waals surface area contributed by atoms with Gasteiger partial charge in [-0.2, -0.15) is 5.26 Å². The number of halogens is 1. The van der Waals surface area contributed by atoms with E-state index in [1.54, 1.807) is 31.1 Å². The Morgan fingerprint density at radius 2 is 1.86 bits per heavy atom. The van der Waals surface area contributed by atoms with E-state index in [0.29, 0.717) is 11.3 Å². The van der Waals surface area contributed by atoms with Crippen LogP contribution in [0, 0.1) is 17.1 Å². The fourth-order valence-corrected chi connectivity index (χ4v) is 1.99. The maximum Gasteiger partial charge on any atom is 0.147 e. The first-order valence-electron chi connectivity index (χ1n) is 6.56. The van der Waals surface area contributed by atoms with Crippen LogP contribution in [-0.2, 0) is 6.54 Å². The van der Waals surface area contributed by atoms with Crippen LogP contribution in [0.5, 0.6) is 0 Å². The molecular formula is C16H17FN4. The molecule has 0 aliphatic heterocycles. The standard InChI is InChI=1S/C16H17FN4/c1-21(2)15-9-8-12(16(17)14(15)10-18)11-19-20-13-6-4-3-5-7-13/h3-9,19-20H,11H2,1-2H3. The molecule has 2 aromatic carbocycles. The van der Waals surface area contributed by atoms with E-state index in [9.17, 15) is 4.39 Å². The molecule has 21 heavy (non-hydrogen) atoms. The summed E-state index contributed by atoms with van der Waals surface area (Å²) < 4.78 is 14.3. The smallest absolute Gasteiger partial charge is 0.147 e. The average Bonchev–Trinajstić information content (AvgIpc) is 2.49. The summed E-state index contributed by atoms with van der Waals surface area (Å²) in [7, 11) is 3.56. The van der Waals surface area contributed by atoms with E-state index in [4.69, 9.17) is 5.26 Å². The molecule has 0 saturated heterocycles. The summed E-state index contributed by atoms with van der Waals surface area (Å²) in [6.45, 7) is 0.281. The molecule has 2 N–H and O–H groups in total. The van der Waals surface area contributed by atoms with Gasteiger partial charge in [-0.1, -0.05) is 24.3 Å². The van der Waals surface area contributed by atoms with Gasteiger partial charge in [-0.05, 0) is 18.2 Å². The van der Waals surface area contributed by atoms with E-state index >= 15 is 0 Å². The van der Waals surface area contributed by atoms with Crippen molar-refractivity contribution in [1.82, 2.24) is 5.43 Å². The molecule has 0 radical (unpaired) electrons. The van der Waals surface area contributed by atoms with Crippen molar-refractivity contribution < 1.29 is 4.39 Å². The minimum atomic E-state index is -0.480. The number of nitrogens with zero attached hydrogens (tertiary/aromatic N) is 2. The summed E-state index contributed by atoms with van der Waals surface area (Å²) in [5.74, 6) is -0.480. The van der Waals surface area contributed by atoms with Gasteiger partial charge in [0.05, 0.1) is 5.69 Å². The van der Waals surface area contributed by atoms with E-state index in [0.717, 1.165) is 5.69 Å². The third kappa shape index (κ3) is 3.50. The first-order valence-corrected chi connectivity index (χ1v) is 6.56. The topological polar surface area (TPSA) is 51.1 Å². The molecule has 108 valence electrons. The summed E-state index contributed by atoms with van der Waals surface area (Å²) in [5.41, 5.74) is 7.91. The second-order valence-corrected chi connectivity index (χ2v) is 4.78. The monoisotopic (exact) mass is 284 g/mol. The Bertz CT molecular complexity index is 647. The molecule has 2 aromatic rings. The summed E-state index contributed by atoms with van der Waals surface area (Å²) in [4.78, 5) is 1.72. The molecule has 0 atom stereocenters. The first-order chi connectivity index (χ1) is 10.1. The first kappa shape index (κ1) is 14.8. The van der Waals surface area contributed by atoms with Crippen LogP contribution < -0.4 is 15.8 Å². The van der Waals surface area contributed by atoms with Crippen molar-refractivity contribution in [1.29, 1.82) is 5.26 Å². The number of hydrazine groups is 1. The van der Waals surface area contributed by atoms with Gasteiger partial charge in [0.1, 0.15) is 17.4 Å². The molecular weight excluding hydrogens is 267 g/mol. The fourth-order valence-electron chi connectivity index (χ4n) is 1.99. The van der Waals surface area contributed by atoms with Gasteiger partial charge in [-0.25, -0.2) is 9.82 Å². The molecule has 0 heterocycles. The zero-order chi connectivity index (χ0) is 15.2. The highest BCUT2D eigenvalue weighted by Crippen LogP contribution is 2.23. The third-order valence-corrected chi connectivity index (χ3v) is 3.08. The Morgan fingerprint density at radius 1 is 1.14 bits per heavy atom. The van der Waals surface area contributed by atoms with Crippen molar-refractivity contribution in [3.05, 3.63) is 59.4 Å². The maximum atomic E-state index is 14.3. The summed E-state index contributed by atoms with van der Waals surface area (Å²) in [6, 6.07) is 14.9. The third-order valence-electron chi connectivity index (χ3n) is 3.08. The fraction of sp³-hybridized carbons (Fsp3) is 0.188. The quantitative estimate of drug-likeness (QED) is 0.829. The molecule has 0 bridgehead atoms. The Morgan fingerprint density at radius 3 is 2.48 bits per heavy atom. The predicted molar refractivity (Wildman–Crippen MR) is 82.3 cm³/mol. The van der Waals surface area contributed by atoms with Gasteiger partial charge < -0.3 is 10.3 Å². The highest BCUT2D eigenvalue weighted by Gasteiger charge is 2.14. The van der Waals surface area contributed by atoms with Crippen molar-refractivity contribution in [2.24, 2.45) is 0 Å². The maximum absolute atomic E-state index is 14.3. The molecule has 0 aliphatic rings. The van der Waals surface area contributed by atoms with Crippen molar-refractivity contribution >= 4 is 11.4 Å². The van der Waals surface area contributed by atoms with Crippen LogP contribution in [0.1, 0.15) is 11.1 Å². The molecule has 5 heteroatoms. The van der Waals surface area contributed by atoms with Crippen molar-refractivity contribution in [3.8, 4) is 6.07 Å². The summed E-state index contributed by atoms with van der Waals surface area (Å²) in [6.07, 6.45) is 0. The van der Waals surface area contributed by atoms with Crippen LogP contribution in [-0.4, -0.2) is 14.1 Å². The molecule has 0 fully saturated rings. The van der Waals surface area contributed by atoms with E-state index in [1.165, 1.54) is 0 Å².